The Morgan fingerprint density at radius 2 is 2.28 bits per heavy atom. The van der Waals surface area contributed by atoms with E-state index in [4.69, 9.17) is 4.42 Å². The van der Waals surface area contributed by atoms with Gasteiger partial charge in [0.1, 0.15) is 12.1 Å². The standard InChI is InChI=1S/C10H9F3N4O/c11-10(12,13)8-4-6(7-2-1-3-18-7)16-9-14-5-15-17(8)9/h1-3,5-6,8H,4H2,(H,14,15,16)/t6-,8-/m1/s1. The monoisotopic (exact) mass is 258 g/mol. The Hall–Kier alpha value is -1.99. The molecule has 2 aromatic rings. The highest BCUT2D eigenvalue weighted by Crippen LogP contribution is 2.42. The van der Waals surface area contributed by atoms with Gasteiger partial charge in [0.15, 0.2) is 6.04 Å². The molecule has 3 rings (SSSR count). The predicted molar refractivity (Wildman–Crippen MR) is 54.8 cm³/mol. The average molecular weight is 258 g/mol. The van der Waals surface area contributed by atoms with Crippen LogP contribution in [0.25, 0.3) is 0 Å². The lowest BCUT2D eigenvalue weighted by Crippen LogP contribution is -2.35. The van der Waals surface area contributed by atoms with E-state index < -0.39 is 18.3 Å². The van der Waals surface area contributed by atoms with Gasteiger partial charge in [-0.05, 0) is 12.1 Å². The van der Waals surface area contributed by atoms with Crippen molar-refractivity contribution in [1.82, 2.24) is 14.8 Å². The van der Waals surface area contributed by atoms with E-state index in [0.29, 0.717) is 5.76 Å². The van der Waals surface area contributed by atoms with Gasteiger partial charge in [0, 0.05) is 6.42 Å². The van der Waals surface area contributed by atoms with Crippen molar-refractivity contribution >= 4 is 5.95 Å². The normalized spacial score (nSPS) is 23.5. The van der Waals surface area contributed by atoms with Crippen molar-refractivity contribution in [3.63, 3.8) is 0 Å². The topological polar surface area (TPSA) is 55.9 Å². The molecule has 1 N–H and O–H groups in total. The van der Waals surface area contributed by atoms with E-state index in [9.17, 15) is 13.2 Å². The number of hydrogen-bond acceptors (Lipinski definition) is 4. The van der Waals surface area contributed by atoms with E-state index in [1.807, 2.05) is 0 Å². The molecule has 0 saturated carbocycles. The maximum absolute atomic E-state index is 13.0. The number of anilines is 1. The van der Waals surface area contributed by atoms with Gasteiger partial charge in [-0.3, -0.25) is 0 Å². The van der Waals surface area contributed by atoms with Crippen molar-refractivity contribution in [1.29, 1.82) is 0 Å². The fourth-order valence-corrected chi connectivity index (χ4v) is 2.07. The number of nitrogens with zero attached hydrogens (tertiary/aromatic N) is 3. The summed E-state index contributed by atoms with van der Waals surface area (Å²) in [4.78, 5) is 3.78. The van der Waals surface area contributed by atoms with Crippen molar-refractivity contribution in [3.05, 3.63) is 30.5 Å². The number of furan rings is 1. The number of halogens is 3. The number of nitrogens with one attached hydrogen (secondary N) is 1. The minimum atomic E-state index is -4.37. The maximum Gasteiger partial charge on any atom is 0.411 e. The number of rotatable bonds is 1. The van der Waals surface area contributed by atoms with Crippen LogP contribution in [0.3, 0.4) is 0 Å². The van der Waals surface area contributed by atoms with E-state index in [1.165, 1.54) is 6.26 Å². The van der Waals surface area contributed by atoms with E-state index in [0.717, 1.165) is 11.0 Å². The fourth-order valence-electron chi connectivity index (χ4n) is 2.07. The Morgan fingerprint density at radius 1 is 1.44 bits per heavy atom. The lowest BCUT2D eigenvalue weighted by molar-refractivity contribution is -0.174. The molecule has 1 aliphatic heterocycles. The molecule has 0 radical (unpaired) electrons. The second kappa shape index (κ2) is 3.76. The highest BCUT2D eigenvalue weighted by Gasteiger charge is 2.47. The maximum atomic E-state index is 13.0. The van der Waals surface area contributed by atoms with Crippen LogP contribution < -0.4 is 5.32 Å². The second-order valence-electron chi connectivity index (χ2n) is 4.03. The van der Waals surface area contributed by atoms with E-state index in [-0.39, 0.29) is 12.4 Å². The minimum absolute atomic E-state index is 0.102. The van der Waals surface area contributed by atoms with Gasteiger partial charge in [0.2, 0.25) is 5.95 Å². The van der Waals surface area contributed by atoms with E-state index in [1.54, 1.807) is 12.1 Å². The smallest absolute Gasteiger partial charge is 0.411 e. The largest absolute Gasteiger partial charge is 0.467 e. The summed E-state index contributed by atoms with van der Waals surface area (Å²) in [6.45, 7) is 0. The highest BCUT2D eigenvalue weighted by atomic mass is 19.4. The zero-order valence-corrected chi connectivity index (χ0v) is 9.05. The molecule has 96 valence electrons. The summed E-state index contributed by atoms with van der Waals surface area (Å²) in [6.07, 6.45) is -2.01. The lowest BCUT2D eigenvalue weighted by atomic mass is 10.0. The Bertz CT molecular complexity index is 534. The van der Waals surface area contributed by atoms with Crippen LogP contribution in [0, 0.1) is 0 Å². The van der Waals surface area contributed by atoms with Crippen LogP contribution in [0.5, 0.6) is 0 Å². The van der Waals surface area contributed by atoms with Crippen molar-refractivity contribution in [3.8, 4) is 0 Å². The van der Waals surface area contributed by atoms with E-state index >= 15 is 0 Å². The van der Waals surface area contributed by atoms with Gasteiger partial charge in [-0.2, -0.15) is 23.3 Å². The minimum Gasteiger partial charge on any atom is -0.467 e. The van der Waals surface area contributed by atoms with Gasteiger partial charge in [-0.15, -0.1) is 0 Å². The zero-order chi connectivity index (χ0) is 12.8. The zero-order valence-electron chi connectivity index (χ0n) is 9.05. The molecular weight excluding hydrogens is 249 g/mol. The molecule has 8 heteroatoms. The van der Waals surface area contributed by atoms with Crippen LogP contribution in [0.4, 0.5) is 19.1 Å². The molecule has 0 aliphatic carbocycles. The Balaban J connectivity index is 1.97. The van der Waals surface area contributed by atoms with Crippen molar-refractivity contribution in [2.24, 2.45) is 0 Å². The summed E-state index contributed by atoms with van der Waals surface area (Å²) in [5.74, 6) is 0.559. The molecule has 0 saturated heterocycles. The molecule has 0 fully saturated rings. The first-order valence-electron chi connectivity index (χ1n) is 5.32. The first-order chi connectivity index (χ1) is 8.55. The SMILES string of the molecule is FC(F)(F)[C@H]1C[C@H](c2ccco2)Nc2ncnn21. The van der Waals surface area contributed by atoms with Crippen LogP contribution in [0.15, 0.2) is 29.1 Å². The van der Waals surface area contributed by atoms with Crippen molar-refractivity contribution in [2.45, 2.75) is 24.7 Å². The molecule has 5 nitrogen and oxygen atoms in total. The number of aromatic nitrogens is 3. The molecule has 3 heterocycles. The summed E-state index contributed by atoms with van der Waals surface area (Å²) in [5, 5.41) is 6.49. The summed E-state index contributed by atoms with van der Waals surface area (Å²) in [5.41, 5.74) is 0. The lowest BCUT2D eigenvalue weighted by Gasteiger charge is -2.31. The second-order valence-corrected chi connectivity index (χ2v) is 4.03. The van der Waals surface area contributed by atoms with Crippen LogP contribution in [0.2, 0.25) is 0 Å². The fraction of sp³-hybridized carbons (Fsp3) is 0.400. The van der Waals surface area contributed by atoms with Gasteiger partial charge in [0.05, 0.1) is 12.3 Å². The van der Waals surface area contributed by atoms with E-state index in [2.05, 4.69) is 15.4 Å². The Kier molecular flexibility index (Phi) is 2.32. The molecule has 0 aromatic carbocycles. The summed E-state index contributed by atoms with van der Waals surface area (Å²) < 4.78 is 44.9. The summed E-state index contributed by atoms with van der Waals surface area (Å²) in [6, 6.07) is 1.03. The van der Waals surface area contributed by atoms with Crippen LogP contribution in [-0.2, 0) is 0 Å². The van der Waals surface area contributed by atoms with Crippen LogP contribution >= 0.6 is 0 Å². The molecule has 0 amide bonds. The Labute approximate surface area is 99.6 Å². The number of fused-ring (bicyclic) bond motifs is 1. The summed E-state index contributed by atoms with van der Waals surface area (Å²) >= 11 is 0. The number of hydrogen-bond donors (Lipinski definition) is 1. The van der Waals surface area contributed by atoms with Gasteiger partial charge < -0.3 is 9.73 Å². The van der Waals surface area contributed by atoms with Crippen molar-refractivity contribution in [2.75, 3.05) is 5.32 Å². The first-order valence-corrected chi connectivity index (χ1v) is 5.32. The quantitative estimate of drug-likeness (QED) is 0.854. The molecule has 2 aromatic heterocycles. The molecule has 0 unspecified atom stereocenters. The third-order valence-corrected chi connectivity index (χ3v) is 2.90. The van der Waals surface area contributed by atoms with Crippen LogP contribution in [-0.4, -0.2) is 20.9 Å². The molecule has 2 atom stereocenters. The van der Waals surface area contributed by atoms with Crippen molar-refractivity contribution < 1.29 is 17.6 Å². The third kappa shape index (κ3) is 1.73. The molecule has 0 spiro atoms. The van der Waals surface area contributed by atoms with Crippen LogP contribution in [0.1, 0.15) is 24.3 Å². The third-order valence-electron chi connectivity index (χ3n) is 2.90. The molecule has 0 bridgehead atoms. The Morgan fingerprint density at radius 3 is 2.94 bits per heavy atom. The van der Waals surface area contributed by atoms with Gasteiger partial charge in [0.25, 0.3) is 0 Å². The highest BCUT2D eigenvalue weighted by molar-refractivity contribution is 5.32. The average Bonchev–Trinajstić information content (AvgIpc) is 2.97. The summed E-state index contributed by atoms with van der Waals surface area (Å²) in [7, 11) is 0. The van der Waals surface area contributed by atoms with Gasteiger partial charge >= 0.3 is 6.18 Å². The predicted octanol–water partition coefficient (Wildman–Crippen LogP) is 2.53. The van der Waals surface area contributed by atoms with Gasteiger partial charge in [-0.25, -0.2) is 4.68 Å². The molecule has 18 heavy (non-hydrogen) atoms. The van der Waals surface area contributed by atoms with Gasteiger partial charge in [-0.1, -0.05) is 0 Å². The number of alkyl halides is 3. The first kappa shape index (κ1) is 11.1. The molecular formula is C10H9F3N4O. The molecule has 1 aliphatic rings.